The van der Waals surface area contributed by atoms with Crippen molar-refractivity contribution in [2.24, 2.45) is 4.99 Å². The SMILES string of the molecule is CN=C(NCCc1nc(-c2ccco2)n[nH]1)N1CCS(=O)(=O)C(C)(C)C1.I. The lowest BCUT2D eigenvalue weighted by molar-refractivity contribution is 0.353. The van der Waals surface area contributed by atoms with Gasteiger partial charge in [0.1, 0.15) is 5.82 Å². The molecule has 1 fully saturated rings. The van der Waals surface area contributed by atoms with Crippen LogP contribution < -0.4 is 5.32 Å². The second kappa shape index (κ2) is 8.59. The van der Waals surface area contributed by atoms with Gasteiger partial charge in [-0.05, 0) is 26.0 Å². The number of guanidine groups is 1. The molecule has 0 amide bonds. The summed E-state index contributed by atoms with van der Waals surface area (Å²) in [5.74, 6) is 2.71. The highest BCUT2D eigenvalue weighted by atomic mass is 127. The predicted octanol–water partition coefficient (Wildman–Crippen LogP) is 1.31. The molecule has 0 aromatic carbocycles. The zero-order chi connectivity index (χ0) is 18.8. The quantitative estimate of drug-likeness (QED) is 0.364. The van der Waals surface area contributed by atoms with Gasteiger partial charge >= 0.3 is 0 Å². The van der Waals surface area contributed by atoms with E-state index in [1.54, 1.807) is 39.3 Å². The molecule has 3 rings (SSSR count). The number of aromatic amines is 1. The maximum Gasteiger partial charge on any atom is 0.216 e. The molecule has 9 nitrogen and oxygen atoms in total. The van der Waals surface area contributed by atoms with Gasteiger partial charge in [0, 0.05) is 33.1 Å². The highest BCUT2D eigenvalue weighted by molar-refractivity contribution is 14.0. The van der Waals surface area contributed by atoms with Crippen LogP contribution >= 0.6 is 24.0 Å². The van der Waals surface area contributed by atoms with Gasteiger partial charge in [0.2, 0.25) is 5.82 Å². The second-order valence-electron chi connectivity index (χ2n) is 6.81. The van der Waals surface area contributed by atoms with Crippen molar-refractivity contribution in [1.29, 1.82) is 0 Å². The normalized spacial score (nSPS) is 18.8. The van der Waals surface area contributed by atoms with Gasteiger partial charge in [-0.2, -0.15) is 5.10 Å². The third-order valence-electron chi connectivity index (χ3n) is 4.47. The lowest BCUT2D eigenvalue weighted by Crippen LogP contribution is -2.57. The van der Waals surface area contributed by atoms with Crippen LogP contribution in [0.15, 0.2) is 27.8 Å². The molecule has 1 aliphatic heterocycles. The molecule has 0 atom stereocenters. The number of furan rings is 1. The largest absolute Gasteiger partial charge is 0.461 e. The Balaban J connectivity index is 0.00000261. The van der Waals surface area contributed by atoms with Crippen molar-refractivity contribution in [2.45, 2.75) is 25.0 Å². The molecule has 3 heterocycles. The molecule has 0 radical (unpaired) electrons. The number of hydrogen-bond acceptors (Lipinski definition) is 6. The Hall–Kier alpha value is -1.63. The van der Waals surface area contributed by atoms with Crippen LogP contribution in [0.3, 0.4) is 0 Å². The predicted molar refractivity (Wildman–Crippen MR) is 114 cm³/mol. The van der Waals surface area contributed by atoms with E-state index in [9.17, 15) is 8.42 Å². The molecule has 11 heteroatoms. The minimum atomic E-state index is -3.07. The Morgan fingerprint density at radius 1 is 1.48 bits per heavy atom. The van der Waals surface area contributed by atoms with E-state index in [0.29, 0.717) is 43.6 Å². The van der Waals surface area contributed by atoms with E-state index in [4.69, 9.17) is 4.42 Å². The molecule has 0 saturated carbocycles. The standard InChI is InChI=1S/C16H24N6O3S.HI/c1-16(2)11-22(8-10-26(16,23)24)15(17-3)18-7-6-13-19-14(21-20-13)12-5-4-9-25-12;/h4-5,9H,6-8,10-11H2,1-3H3,(H,17,18)(H,19,20,21);1H. The molecule has 1 aliphatic rings. The van der Waals surface area contributed by atoms with Gasteiger partial charge in [-0.3, -0.25) is 10.1 Å². The molecular weight excluding hydrogens is 483 g/mol. The Morgan fingerprint density at radius 3 is 2.89 bits per heavy atom. The summed E-state index contributed by atoms with van der Waals surface area (Å²) in [5.41, 5.74) is 0. The number of sulfone groups is 1. The molecule has 27 heavy (non-hydrogen) atoms. The van der Waals surface area contributed by atoms with Crippen LogP contribution in [0.25, 0.3) is 11.6 Å². The maximum absolute atomic E-state index is 12.1. The Morgan fingerprint density at radius 2 is 2.26 bits per heavy atom. The Bertz CT molecular complexity index is 876. The van der Waals surface area contributed by atoms with E-state index in [1.165, 1.54) is 0 Å². The minimum Gasteiger partial charge on any atom is -0.461 e. The zero-order valence-corrected chi connectivity index (χ0v) is 18.7. The average molecular weight is 508 g/mol. The van der Waals surface area contributed by atoms with Crippen LogP contribution in [-0.2, 0) is 16.3 Å². The Labute approximate surface area is 176 Å². The van der Waals surface area contributed by atoms with Crippen molar-refractivity contribution in [3.63, 3.8) is 0 Å². The van der Waals surface area contributed by atoms with Gasteiger partial charge in [0.05, 0.1) is 16.8 Å². The van der Waals surface area contributed by atoms with E-state index in [-0.39, 0.29) is 29.7 Å². The van der Waals surface area contributed by atoms with Crippen molar-refractivity contribution < 1.29 is 12.8 Å². The first-order valence-electron chi connectivity index (χ1n) is 8.45. The fourth-order valence-electron chi connectivity index (χ4n) is 2.87. The molecule has 0 aliphatic carbocycles. The van der Waals surface area contributed by atoms with Gasteiger partial charge in [-0.1, -0.05) is 0 Å². The van der Waals surface area contributed by atoms with Crippen LogP contribution in [0.1, 0.15) is 19.7 Å². The summed E-state index contributed by atoms with van der Waals surface area (Å²) in [6.07, 6.45) is 2.21. The number of H-pyrrole nitrogens is 1. The van der Waals surface area contributed by atoms with E-state index in [1.807, 2.05) is 4.90 Å². The number of rotatable bonds is 4. The number of halogens is 1. The lowest BCUT2D eigenvalue weighted by Gasteiger charge is -2.39. The highest BCUT2D eigenvalue weighted by Gasteiger charge is 2.40. The van der Waals surface area contributed by atoms with Gasteiger partial charge < -0.3 is 14.6 Å². The number of aliphatic imine (C=N–C) groups is 1. The maximum atomic E-state index is 12.1. The zero-order valence-electron chi connectivity index (χ0n) is 15.6. The first-order chi connectivity index (χ1) is 12.3. The van der Waals surface area contributed by atoms with Crippen LogP contribution in [0.4, 0.5) is 0 Å². The lowest BCUT2D eigenvalue weighted by atomic mass is 10.2. The van der Waals surface area contributed by atoms with E-state index < -0.39 is 14.6 Å². The molecular formula is C16H25IN6O3S. The van der Waals surface area contributed by atoms with Crippen LogP contribution in [0.2, 0.25) is 0 Å². The van der Waals surface area contributed by atoms with E-state index >= 15 is 0 Å². The fraction of sp³-hybridized carbons (Fsp3) is 0.562. The second-order valence-corrected chi connectivity index (χ2v) is 9.55. The van der Waals surface area contributed by atoms with Crippen LogP contribution in [0.5, 0.6) is 0 Å². The smallest absolute Gasteiger partial charge is 0.216 e. The summed E-state index contributed by atoms with van der Waals surface area (Å²) in [6, 6.07) is 3.59. The molecule has 0 unspecified atom stereocenters. The third-order valence-corrected chi connectivity index (χ3v) is 7.01. The molecule has 2 aromatic heterocycles. The first-order valence-corrected chi connectivity index (χ1v) is 10.1. The van der Waals surface area contributed by atoms with Crippen molar-refractivity contribution in [3.8, 4) is 11.6 Å². The van der Waals surface area contributed by atoms with Crippen molar-refractivity contribution in [3.05, 3.63) is 24.2 Å². The molecule has 150 valence electrons. The fourth-order valence-corrected chi connectivity index (χ4v) is 4.24. The van der Waals surface area contributed by atoms with Gasteiger partial charge in [0.25, 0.3) is 0 Å². The average Bonchev–Trinajstić information content (AvgIpc) is 3.25. The van der Waals surface area contributed by atoms with Crippen molar-refractivity contribution in [1.82, 2.24) is 25.4 Å². The highest BCUT2D eigenvalue weighted by Crippen LogP contribution is 2.23. The number of nitrogens with one attached hydrogen (secondary N) is 2. The van der Waals surface area contributed by atoms with Gasteiger partial charge in [-0.25, -0.2) is 13.4 Å². The number of hydrogen-bond donors (Lipinski definition) is 2. The van der Waals surface area contributed by atoms with Gasteiger partial charge in [0.15, 0.2) is 21.6 Å². The molecule has 0 bridgehead atoms. The topological polar surface area (TPSA) is 116 Å². The summed E-state index contributed by atoms with van der Waals surface area (Å²) in [4.78, 5) is 10.7. The summed E-state index contributed by atoms with van der Waals surface area (Å²) < 4.78 is 28.8. The van der Waals surface area contributed by atoms with Gasteiger partial charge in [-0.15, -0.1) is 24.0 Å². The number of aromatic nitrogens is 3. The molecule has 2 aromatic rings. The summed E-state index contributed by atoms with van der Waals surface area (Å²) in [7, 11) is -1.38. The monoisotopic (exact) mass is 508 g/mol. The number of nitrogens with zero attached hydrogens (tertiary/aromatic N) is 4. The minimum absolute atomic E-state index is 0. The van der Waals surface area contributed by atoms with Crippen molar-refractivity contribution in [2.75, 3.05) is 32.4 Å². The van der Waals surface area contributed by atoms with E-state index in [2.05, 4.69) is 25.5 Å². The summed E-state index contributed by atoms with van der Waals surface area (Å²) in [5, 5.41) is 10.3. The molecule has 0 spiro atoms. The van der Waals surface area contributed by atoms with Crippen LogP contribution in [-0.4, -0.2) is 71.6 Å². The van der Waals surface area contributed by atoms with E-state index in [0.717, 1.165) is 5.82 Å². The molecule has 1 saturated heterocycles. The molecule has 2 N–H and O–H groups in total. The first kappa shape index (κ1) is 21.7. The Kier molecular flexibility index (Phi) is 6.89. The van der Waals surface area contributed by atoms with Crippen molar-refractivity contribution >= 4 is 39.8 Å². The summed E-state index contributed by atoms with van der Waals surface area (Å²) in [6.45, 7) is 4.97. The summed E-state index contributed by atoms with van der Waals surface area (Å²) >= 11 is 0. The third kappa shape index (κ3) is 4.81. The van der Waals surface area contributed by atoms with Crippen LogP contribution in [0, 0.1) is 0 Å².